The van der Waals surface area contributed by atoms with E-state index in [4.69, 9.17) is 9.84 Å². The smallest absolute Gasteiger partial charge is 0.335 e. The van der Waals surface area contributed by atoms with Gasteiger partial charge >= 0.3 is 5.97 Å². The zero-order valence-electron chi connectivity index (χ0n) is 9.91. The van der Waals surface area contributed by atoms with Gasteiger partial charge in [-0.2, -0.15) is 0 Å². The Labute approximate surface area is 100 Å². The summed E-state index contributed by atoms with van der Waals surface area (Å²) < 4.78 is 18.6. The third-order valence-corrected chi connectivity index (χ3v) is 2.44. The van der Waals surface area contributed by atoms with E-state index < -0.39 is 11.8 Å². The van der Waals surface area contributed by atoms with Crippen molar-refractivity contribution in [1.82, 2.24) is 0 Å². The molecule has 1 aromatic rings. The van der Waals surface area contributed by atoms with Crippen molar-refractivity contribution in [1.29, 1.82) is 0 Å². The van der Waals surface area contributed by atoms with Gasteiger partial charge in [0.25, 0.3) is 0 Å². The lowest BCUT2D eigenvalue weighted by Gasteiger charge is -2.06. The largest absolute Gasteiger partial charge is 0.478 e. The highest BCUT2D eigenvalue weighted by atomic mass is 19.1. The zero-order valence-corrected chi connectivity index (χ0v) is 9.91. The molecule has 0 aliphatic carbocycles. The van der Waals surface area contributed by atoms with Gasteiger partial charge in [-0.1, -0.05) is 19.8 Å². The first kappa shape index (κ1) is 13.6. The second-order valence-corrected chi connectivity index (χ2v) is 3.87. The van der Waals surface area contributed by atoms with Gasteiger partial charge in [-0.15, -0.1) is 0 Å². The van der Waals surface area contributed by atoms with Gasteiger partial charge in [-0.05, 0) is 24.6 Å². The third kappa shape index (κ3) is 4.53. The monoisotopic (exact) mass is 240 g/mol. The van der Waals surface area contributed by atoms with E-state index in [1.165, 1.54) is 12.1 Å². The fourth-order valence-corrected chi connectivity index (χ4v) is 1.45. The molecule has 0 atom stereocenters. The Balaban J connectivity index is 2.51. The Bertz CT molecular complexity index is 377. The van der Waals surface area contributed by atoms with Crippen LogP contribution >= 0.6 is 0 Å². The molecule has 0 heterocycles. The summed E-state index contributed by atoms with van der Waals surface area (Å²) in [5.41, 5.74) is 0.375. The predicted molar refractivity (Wildman–Crippen MR) is 62.5 cm³/mol. The van der Waals surface area contributed by atoms with Crippen LogP contribution in [0.1, 0.15) is 42.1 Å². The van der Waals surface area contributed by atoms with Crippen LogP contribution in [0.5, 0.6) is 0 Å². The number of carboxylic acids is 1. The number of aromatic carboxylic acids is 1. The number of halogens is 1. The van der Waals surface area contributed by atoms with Gasteiger partial charge in [-0.25, -0.2) is 9.18 Å². The van der Waals surface area contributed by atoms with Crippen molar-refractivity contribution in [3.05, 3.63) is 35.1 Å². The lowest BCUT2D eigenvalue weighted by Crippen LogP contribution is -2.02. The summed E-state index contributed by atoms with van der Waals surface area (Å²) in [4.78, 5) is 10.7. The molecule has 0 bridgehead atoms. The van der Waals surface area contributed by atoms with Crippen molar-refractivity contribution in [2.24, 2.45) is 0 Å². The summed E-state index contributed by atoms with van der Waals surface area (Å²) >= 11 is 0. The van der Waals surface area contributed by atoms with Crippen molar-refractivity contribution in [2.75, 3.05) is 6.61 Å². The molecule has 0 unspecified atom stereocenters. The van der Waals surface area contributed by atoms with Crippen LogP contribution in [0.2, 0.25) is 0 Å². The van der Waals surface area contributed by atoms with Crippen LogP contribution in [-0.2, 0) is 11.3 Å². The number of hydrogen-bond acceptors (Lipinski definition) is 2. The third-order valence-electron chi connectivity index (χ3n) is 2.44. The van der Waals surface area contributed by atoms with Crippen LogP contribution in [0.15, 0.2) is 18.2 Å². The molecule has 0 saturated heterocycles. The lowest BCUT2D eigenvalue weighted by molar-refractivity contribution is 0.0696. The van der Waals surface area contributed by atoms with Crippen molar-refractivity contribution in [3.63, 3.8) is 0 Å². The maximum absolute atomic E-state index is 13.3. The molecule has 0 radical (unpaired) electrons. The number of rotatable bonds is 7. The second-order valence-electron chi connectivity index (χ2n) is 3.87. The number of unbranched alkanes of at least 4 members (excludes halogenated alkanes) is 2. The van der Waals surface area contributed by atoms with Crippen molar-refractivity contribution in [2.45, 2.75) is 32.8 Å². The molecule has 1 aromatic carbocycles. The summed E-state index contributed by atoms with van der Waals surface area (Å²) in [6.45, 7) is 2.79. The van der Waals surface area contributed by atoms with Crippen LogP contribution in [0, 0.1) is 5.82 Å². The van der Waals surface area contributed by atoms with Crippen LogP contribution < -0.4 is 0 Å². The molecule has 1 rings (SSSR count). The van der Waals surface area contributed by atoms with Crippen molar-refractivity contribution >= 4 is 5.97 Å². The number of carbonyl (C=O) groups is 1. The Morgan fingerprint density at radius 2 is 2.18 bits per heavy atom. The van der Waals surface area contributed by atoms with E-state index in [1.54, 1.807) is 0 Å². The fraction of sp³-hybridized carbons (Fsp3) is 0.462. The zero-order chi connectivity index (χ0) is 12.7. The molecule has 0 fully saturated rings. The number of hydrogen-bond donors (Lipinski definition) is 1. The summed E-state index contributed by atoms with van der Waals surface area (Å²) in [6, 6.07) is 3.73. The molecule has 0 aromatic heterocycles. The van der Waals surface area contributed by atoms with Crippen molar-refractivity contribution < 1.29 is 19.0 Å². The normalized spacial score (nSPS) is 10.5. The summed E-state index contributed by atoms with van der Waals surface area (Å²) in [7, 11) is 0. The van der Waals surface area contributed by atoms with E-state index in [0.29, 0.717) is 12.2 Å². The van der Waals surface area contributed by atoms with Gasteiger partial charge in [0, 0.05) is 12.2 Å². The van der Waals surface area contributed by atoms with Gasteiger partial charge in [0.15, 0.2) is 0 Å². The van der Waals surface area contributed by atoms with Gasteiger partial charge in [-0.3, -0.25) is 0 Å². The minimum absolute atomic E-state index is 0.0820. The topological polar surface area (TPSA) is 46.5 Å². The highest BCUT2D eigenvalue weighted by Crippen LogP contribution is 2.12. The van der Waals surface area contributed by atoms with E-state index in [1.807, 2.05) is 0 Å². The predicted octanol–water partition coefficient (Wildman–Crippen LogP) is 3.23. The molecule has 17 heavy (non-hydrogen) atoms. The highest BCUT2D eigenvalue weighted by Gasteiger charge is 2.08. The quantitative estimate of drug-likeness (QED) is 0.744. The molecule has 0 amide bonds. The first-order chi connectivity index (χ1) is 8.15. The Morgan fingerprint density at radius 3 is 2.82 bits per heavy atom. The molecular formula is C13H17FO3. The lowest BCUT2D eigenvalue weighted by atomic mass is 10.1. The summed E-state index contributed by atoms with van der Waals surface area (Å²) in [6.07, 6.45) is 3.13. The van der Waals surface area contributed by atoms with Gasteiger partial charge in [0.05, 0.1) is 12.2 Å². The highest BCUT2D eigenvalue weighted by molar-refractivity contribution is 5.87. The van der Waals surface area contributed by atoms with Crippen LogP contribution in [-0.4, -0.2) is 17.7 Å². The molecule has 3 nitrogen and oxygen atoms in total. The number of ether oxygens (including phenoxy) is 1. The SMILES string of the molecule is CCCCCOCc1cc(C(=O)O)ccc1F. The number of benzene rings is 1. The molecule has 94 valence electrons. The minimum Gasteiger partial charge on any atom is -0.478 e. The minimum atomic E-state index is -1.06. The molecule has 0 saturated carbocycles. The van der Waals surface area contributed by atoms with Crippen LogP contribution in [0.25, 0.3) is 0 Å². The van der Waals surface area contributed by atoms with E-state index in [9.17, 15) is 9.18 Å². The fourth-order valence-electron chi connectivity index (χ4n) is 1.45. The van der Waals surface area contributed by atoms with Gasteiger partial charge in [0.1, 0.15) is 5.82 Å². The standard InChI is InChI=1S/C13H17FO3/c1-2-3-4-7-17-9-11-8-10(13(15)16)5-6-12(11)14/h5-6,8H,2-4,7,9H2,1H3,(H,15,16). The van der Waals surface area contributed by atoms with E-state index in [0.717, 1.165) is 25.3 Å². The maximum Gasteiger partial charge on any atom is 0.335 e. The first-order valence-electron chi connectivity index (χ1n) is 5.74. The molecule has 1 N–H and O–H groups in total. The first-order valence-corrected chi connectivity index (χ1v) is 5.74. The Morgan fingerprint density at radius 1 is 1.41 bits per heavy atom. The maximum atomic E-state index is 13.3. The molecular weight excluding hydrogens is 223 g/mol. The molecule has 0 aliphatic heterocycles. The number of carboxylic acid groups (broad SMARTS) is 1. The second kappa shape index (κ2) is 7.01. The van der Waals surface area contributed by atoms with Crippen LogP contribution in [0.4, 0.5) is 4.39 Å². The van der Waals surface area contributed by atoms with Gasteiger partial charge in [0.2, 0.25) is 0 Å². The van der Waals surface area contributed by atoms with E-state index in [-0.39, 0.29) is 12.2 Å². The molecule has 4 heteroatoms. The average molecular weight is 240 g/mol. The average Bonchev–Trinajstić information content (AvgIpc) is 2.30. The summed E-state index contributed by atoms with van der Waals surface area (Å²) in [5, 5.41) is 8.78. The molecule has 0 spiro atoms. The van der Waals surface area contributed by atoms with Crippen LogP contribution in [0.3, 0.4) is 0 Å². The summed E-state index contributed by atoms with van der Waals surface area (Å²) in [5.74, 6) is -1.48. The van der Waals surface area contributed by atoms with E-state index in [2.05, 4.69) is 6.92 Å². The Hall–Kier alpha value is -1.42. The van der Waals surface area contributed by atoms with Crippen molar-refractivity contribution in [3.8, 4) is 0 Å². The van der Waals surface area contributed by atoms with E-state index >= 15 is 0 Å². The molecule has 0 aliphatic rings. The Kier molecular flexibility index (Phi) is 5.63. The van der Waals surface area contributed by atoms with Gasteiger partial charge < -0.3 is 9.84 Å².